The number of nitro groups is 1. The highest BCUT2D eigenvalue weighted by Gasteiger charge is 2.22. The molecule has 0 unspecified atom stereocenters. The number of hydrogen-bond acceptors (Lipinski definition) is 6. The number of carbonyl (C=O) groups excluding carboxylic acids is 1. The molecule has 0 atom stereocenters. The van der Waals surface area contributed by atoms with Gasteiger partial charge in [-0.15, -0.1) is 0 Å². The largest absolute Gasteiger partial charge is 0.454 e. The Morgan fingerprint density at radius 1 is 1.29 bits per heavy atom. The van der Waals surface area contributed by atoms with Crippen LogP contribution in [0.4, 0.5) is 5.69 Å². The van der Waals surface area contributed by atoms with Gasteiger partial charge in [0.2, 0.25) is 12.7 Å². The fourth-order valence-electron chi connectivity index (χ4n) is 3.02. The highest BCUT2D eigenvalue weighted by atomic mass is 16.7. The molecular weight excluding hydrogens is 364 g/mol. The first kappa shape index (κ1) is 17.5. The van der Waals surface area contributed by atoms with Crippen molar-refractivity contribution in [1.82, 2.24) is 10.4 Å². The van der Waals surface area contributed by atoms with Crippen molar-refractivity contribution in [3.8, 4) is 11.5 Å². The Bertz CT molecular complexity index is 1090. The number of hydrogen-bond donors (Lipinski definition) is 2. The molecule has 1 aliphatic heterocycles. The Morgan fingerprint density at radius 2 is 2.07 bits per heavy atom. The van der Waals surface area contributed by atoms with E-state index in [1.165, 1.54) is 18.3 Å². The number of nitrogens with zero attached hydrogens (tertiary/aromatic N) is 2. The number of nitro benzene ring substituents is 1. The zero-order chi connectivity index (χ0) is 19.5. The topological polar surface area (TPSA) is 119 Å². The Kier molecular flexibility index (Phi) is 4.63. The van der Waals surface area contributed by atoms with E-state index in [4.69, 9.17) is 9.47 Å². The first-order valence-corrected chi connectivity index (χ1v) is 8.57. The van der Waals surface area contributed by atoms with Crippen LogP contribution in [-0.4, -0.2) is 28.8 Å². The molecule has 0 radical (unpaired) electrons. The van der Waals surface area contributed by atoms with E-state index in [1.807, 2.05) is 30.5 Å². The molecule has 1 aromatic heterocycles. The minimum atomic E-state index is -0.540. The van der Waals surface area contributed by atoms with Crippen LogP contribution in [0.25, 0.3) is 10.9 Å². The predicted molar refractivity (Wildman–Crippen MR) is 102 cm³/mol. The van der Waals surface area contributed by atoms with Crippen molar-refractivity contribution >= 4 is 28.7 Å². The number of amides is 1. The number of carbonyl (C=O) groups is 1. The van der Waals surface area contributed by atoms with Gasteiger partial charge in [0.15, 0.2) is 11.5 Å². The number of hydrazone groups is 1. The summed E-state index contributed by atoms with van der Waals surface area (Å²) in [5.41, 5.74) is 4.50. The van der Waals surface area contributed by atoms with E-state index in [1.54, 1.807) is 0 Å². The fourth-order valence-corrected chi connectivity index (χ4v) is 3.02. The third-order valence-corrected chi connectivity index (χ3v) is 4.41. The molecule has 9 heteroatoms. The highest BCUT2D eigenvalue weighted by molar-refractivity contribution is 5.88. The number of ether oxygens (including phenoxy) is 2. The number of aromatic amines is 1. The number of benzene rings is 2. The van der Waals surface area contributed by atoms with Gasteiger partial charge in [-0.3, -0.25) is 14.9 Å². The van der Waals surface area contributed by atoms with E-state index < -0.39 is 4.92 Å². The summed E-state index contributed by atoms with van der Waals surface area (Å²) in [5.74, 6) is 0.425. The van der Waals surface area contributed by atoms with Crippen molar-refractivity contribution in [2.75, 3.05) is 6.79 Å². The summed E-state index contributed by atoms with van der Waals surface area (Å²) >= 11 is 0. The average Bonchev–Trinajstić information content (AvgIpc) is 3.32. The molecule has 0 spiro atoms. The zero-order valence-electron chi connectivity index (χ0n) is 14.7. The van der Waals surface area contributed by atoms with Gasteiger partial charge in [0.1, 0.15) is 0 Å². The molecule has 0 saturated carbocycles. The Morgan fingerprint density at radius 3 is 2.89 bits per heavy atom. The number of fused-ring (bicyclic) bond motifs is 2. The first-order chi connectivity index (χ1) is 13.6. The van der Waals surface area contributed by atoms with Gasteiger partial charge in [-0.05, 0) is 24.1 Å². The van der Waals surface area contributed by atoms with Gasteiger partial charge < -0.3 is 14.5 Å². The maximum Gasteiger partial charge on any atom is 0.282 e. The van der Waals surface area contributed by atoms with Crippen molar-refractivity contribution in [2.45, 2.75) is 12.8 Å². The van der Waals surface area contributed by atoms with Crippen molar-refractivity contribution in [3.63, 3.8) is 0 Å². The van der Waals surface area contributed by atoms with Gasteiger partial charge in [-0.1, -0.05) is 18.2 Å². The van der Waals surface area contributed by atoms with Crippen molar-refractivity contribution in [1.29, 1.82) is 0 Å². The molecule has 0 aliphatic carbocycles. The van der Waals surface area contributed by atoms with Gasteiger partial charge in [0.25, 0.3) is 5.69 Å². The van der Waals surface area contributed by atoms with Crippen LogP contribution in [0.3, 0.4) is 0 Å². The van der Waals surface area contributed by atoms with Crippen LogP contribution in [-0.2, 0) is 11.2 Å². The standard InChI is InChI=1S/C19H16N4O5/c24-19(6-5-12-9-20-15-4-2-1-3-14(12)15)22-21-10-13-7-17-18(28-11-27-17)8-16(13)23(25)26/h1-4,7-10,20H,5-6,11H2,(H,22,24)/b21-10-. The first-order valence-electron chi connectivity index (χ1n) is 8.57. The van der Waals surface area contributed by atoms with Gasteiger partial charge in [-0.25, -0.2) is 5.43 Å². The number of H-pyrrole nitrogens is 1. The van der Waals surface area contributed by atoms with Gasteiger partial charge in [-0.2, -0.15) is 5.10 Å². The molecule has 0 bridgehead atoms. The van der Waals surface area contributed by atoms with Gasteiger partial charge in [0.05, 0.1) is 22.8 Å². The lowest BCUT2D eigenvalue weighted by atomic mass is 10.1. The lowest BCUT2D eigenvalue weighted by Gasteiger charge is -2.02. The molecule has 142 valence electrons. The predicted octanol–water partition coefficient (Wildman–Crippen LogP) is 2.89. The molecule has 9 nitrogen and oxygen atoms in total. The number of aryl methyl sites for hydroxylation is 1. The van der Waals surface area contributed by atoms with Gasteiger partial charge in [0, 0.05) is 23.5 Å². The summed E-state index contributed by atoms with van der Waals surface area (Å²) in [6.45, 7) is 0.0116. The van der Waals surface area contributed by atoms with Crippen LogP contribution in [0.2, 0.25) is 0 Å². The summed E-state index contributed by atoms with van der Waals surface area (Å²) < 4.78 is 10.4. The van der Waals surface area contributed by atoms with E-state index in [2.05, 4.69) is 15.5 Å². The second-order valence-corrected chi connectivity index (χ2v) is 6.17. The zero-order valence-corrected chi connectivity index (χ0v) is 14.7. The molecule has 0 saturated heterocycles. The molecule has 3 aromatic rings. The molecule has 0 fully saturated rings. The lowest BCUT2D eigenvalue weighted by molar-refractivity contribution is -0.385. The second-order valence-electron chi connectivity index (χ2n) is 6.17. The van der Waals surface area contributed by atoms with Crippen LogP contribution < -0.4 is 14.9 Å². The summed E-state index contributed by atoms with van der Waals surface area (Å²) in [6.07, 6.45) is 3.90. The van der Waals surface area contributed by atoms with E-state index in [0.29, 0.717) is 17.9 Å². The number of para-hydroxylation sites is 1. The van der Waals surface area contributed by atoms with Crippen molar-refractivity contribution in [3.05, 3.63) is 63.8 Å². The van der Waals surface area contributed by atoms with Crippen LogP contribution in [0, 0.1) is 10.1 Å². The molecule has 1 amide bonds. The molecule has 2 heterocycles. The third-order valence-electron chi connectivity index (χ3n) is 4.41. The molecular formula is C19H16N4O5. The SMILES string of the molecule is O=C(CCc1c[nH]c2ccccc12)N/N=C\c1cc2c(cc1[N+](=O)[O-])OCO2. The summed E-state index contributed by atoms with van der Waals surface area (Å²) in [6, 6.07) is 10.6. The molecule has 2 N–H and O–H groups in total. The van der Waals surface area contributed by atoms with Gasteiger partial charge >= 0.3 is 0 Å². The van der Waals surface area contributed by atoms with E-state index in [-0.39, 0.29) is 30.4 Å². The number of rotatable bonds is 6. The van der Waals surface area contributed by atoms with E-state index >= 15 is 0 Å². The lowest BCUT2D eigenvalue weighted by Crippen LogP contribution is -2.18. The normalized spacial score (nSPS) is 12.6. The Balaban J connectivity index is 1.39. The van der Waals surface area contributed by atoms with Crippen LogP contribution in [0.15, 0.2) is 47.7 Å². The third kappa shape index (κ3) is 3.50. The minimum absolute atomic E-state index is 0.0116. The smallest absolute Gasteiger partial charge is 0.282 e. The summed E-state index contributed by atoms with van der Waals surface area (Å²) in [7, 11) is 0. The minimum Gasteiger partial charge on any atom is -0.454 e. The second kappa shape index (κ2) is 7.39. The van der Waals surface area contributed by atoms with Crippen LogP contribution >= 0.6 is 0 Å². The molecule has 4 rings (SSSR count). The summed E-state index contributed by atoms with van der Waals surface area (Å²) in [5, 5.41) is 16.1. The monoisotopic (exact) mass is 380 g/mol. The number of aromatic nitrogens is 1. The van der Waals surface area contributed by atoms with Crippen molar-refractivity contribution in [2.24, 2.45) is 5.10 Å². The molecule has 28 heavy (non-hydrogen) atoms. The van der Waals surface area contributed by atoms with E-state index in [0.717, 1.165) is 16.5 Å². The average molecular weight is 380 g/mol. The highest BCUT2D eigenvalue weighted by Crippen LogP contribution is 2.37. The maximum atomic E-state index is 12.1. The summed E-state index contributed by atoms with van der Waals surface area (Å²) in [4.78, 5) is 25.9. The fraction of sp³-hybridized carbons (Fsp3) is 0.158. The van der Waals surface area contributed by atoms with Crippen LogP contribution in [0.5, 0.6) is 11.5 Å². The number of nitrogens with one attached hydrogen (secondary N) is 2. The van der Waals surface area contributed by atoms with E-state index in [9.17, 15) is 14.9 Å². The Labute approximate surface area is 159 Å². The quantitative estimate of drug-likeness (QED) is 0.387. The molecule has 2 aromatic carbocycles. The molecule has 1 aliphatic rings. The van der Waals surface area contributed by atoms with Crippen molar-refractivity contribution < 1.29 is 19.2 Å². The maximum absolute atomic E-state index is 12.1. The van der Waals surface area contributed by atoms with Crippen LogP contribution in [0.1, 0.15) is 17.5 Å². The Hall–Kier alpha value is -3.88.